The Morgan fingerprint density at radius 1 is 1.35 bits per heavy atom. The van der Waals surface area contributed by atoms with Crippen LogP contribution in [0.4, 0.5) is 5.69 Å². The maximum absolute atomic E-state index is 4.28. The maximum Gasteiger partial charge on any atom is 0.0949 e. The molecule has 0 radical (unpaired) electrons. The smallest absolute Gasteiger partial charge is 0.0949 e. The van der Waals surface area contributed by atoms with Crippen molar-refractivity contribution in [1.82, 2.24) is 19.5 Å². The summed E-state index contributed by atoms with van der Waals surface area (Å²) in [5.41, 5.74) is 4.49. The van der Waals surface area contributed by atoms with Crippen LogP contribution in [0.1, 0.15) is 17.0 Å². The Morgan fingerprint density at radius 2 is 2.30 bits per heavy atom. The molecule has 3 rings (SSSR count). The molecule has 5 heteroatoms. The summed E-state index contributed by atoms with van der Waals surface area (Å²) in [7, 11) is 0. The summed E-state index contributed by atoms with van der Waals surface area (Å²) in [5, 5.41) is 3.40. The van der Waals surface area contributed by atoms with Gasteiger partial charge in [0.1, 0.15) is 0 Å². The molecular weight excluding hydrogens is 250 g/mol. The number of nitrogens with zero attached hydrogens (tertiary/aromatic N) is 3. The highest BCUT2D eigenvalue weighted by Gasteiger charge is 2.01. The zero-order valence-corrected chi connectivity index (χ0v) is 11.4. The molecule has 0 atom stereocenters. The predicted molar refractivity (Wildman–Crippen MR) is 78.4 cm³/mol. The third kappa shape index (κ3) is 2.88. The average molecular weight is 267 g/mol. The summed E-state index contributed by atoms with van der Waals surface area (Å²) < 4.78 is 2.05. The van der Waals surface area contributed by atoms with Crippen LogP contribution in [0.25, 0.3) is 0 Å². The number of aromatic nitrogens is 4. The number of hydrogen-bond donors (Lipinski definition) is 2. The number of benzene rings is 1. The Hall–Kier alpha value is -2.56. The topological polar surface area (TPSA) is 58.5 Å². The standard InChI is InChI=1S/C15H17N5/c1-12-15(19-10-18-12)8-17-14-4-2-3-13(7-14)9-20-6-5-16-11-20/h2-7,10-11,17H,8-9H2,1H3,(H,18,19). The second kappa shape index (κ2) is 5.61. The van der Waals surface area contributed by atoms with E-state index in [-0.39, 0.29) is 0 Å². The summed E-state index contributed by atoms with van der Waals surface area (Å²) in [4.78, 5) is 11.4. The molecule has 2 aromatic heterocycles. The first kappa shape index (κ1) is 12.5. The second-order valence-electron chi connectivity index (χ2n) is 4.76. The van der Waals surface area contributed by atoms with E-state index in [0.717, 1.165) is 30.2 Å². The second-order valence-corrected chi connectivity index (χ2v) is 4.76. The zero-order chi connectivity index (χ0) is 13.8. The van der Waals surface area contributed by atoms with Gasteiger partial charge in [-0.25, -0.2) is 9.97 Å². The molecule has 5 nitrogen and oxygen atoms in total. The van der Waals surface area contributed by atoms with Gasteiger partial charge >= 0.3 is 0 Å². The molecule has 2 heterocycles. The van der Waals surface area contributed by atoms with Gasteiger partial charge in [0.15, 0.2) is 0 Å². The molecule has 0 saturated heterocycles. The van der Waals surface area contributed by atoms with Gasteiger partial charge in [0.2, 0.25) is 0 Å². The molecular formula is C15H17N5. The lowest BCUT2D eigenvalue weighted by molar-refractivity contribution is 0.797. The minimum absolute atomic E-state index is 0.726. The molecule has 0 spiro atoms. The quantitative estimate of drug-likeness (QED) is 0.747. The summed E-state index contributed by atoms with van der Waals surface area (Å²) in [6, 6.07) is 8.40. The number of imidazole rings is 2. The van der Waals surface area contributed by atoms with Crippen LogP contribution in [0.15, 0.2) is 49.3 Å². The number of aromatic amines is 1. The van der Waals surface area contributed by atoms with E-state index in [0.29, 0.717) is 0 Å². The fraction of sp³-hybridized carbons (Fsp3) is 0.200. The number of H-pyrrole nitrogens is 1. The van der Waals surface area contributed by atoms with Crippen LogP contribution in [0.5, 0.6) is 0 Å². The SMILES string of the molecule is Cc1[nH]cnc1CNc1cccc(Cn2ccnc2)c1. The average Bonchev–Trinajstić information content (AvgIpc) is 3.09. The van der Waals surface area contributed by atoms with E-state index in [9.17, 15) is 0 Å². The number of aryl methyl sites for hydroxylation is 1. The third-order valence-corrected chi connectivity index (χ3v) is 3.25. The molecule has 0 saturated carbocycles. The van der Waals surface area contributed by atoms with Gasteiger partial charge in [-0.15, -0.1) is 0 Å². The molecule has 102 valence electrons. The Bertz CT molecular complexity index is 669. The Labute approximate surface area is 117 Å². The largest absolute Gasteiger partial charge is 0.379 e. The maximum atomic E-state index is 4.28. The van der Waals surface area contributed by atoms with Gasteiger partial charge in [0.25, 0.3) is 0 Å². The van der Waals surface area contributed by atoms with Crippen molar-refractivity contribution in [2.24, 2.45) is 0 Å². The van der Waals surface area contributed by atoms with Gasteiger partial charge in [0.05, 0.1) is 24.9 Å². The zero-order valence-electron chi connectivity index (χ0n) is 11.4. The molecule has 0 bridgehead atoms. The van der Waals surface area contributed by atoms with Crippen LogP contribution < -0.4 is 5.32 Å². The van der Waals surface area contributed by atoms with Crippen LogP contribution in [0, 0.1) is 6.92 Å². The van der Waals surface area contributed by atoms with E-state index in [2.05, 4.69) is 49.1 Å². The minimum atomic E-state index is 0.726. The van der Waals surface area contributed by atoms with Crippen LogP contribution in [0.2, 0.25) is 0 Å². The van der Waals surface area contributed by atoms with Gasteiger partial charge < -0.3 is 14.9 Å². The van der Waals surface area contributed by atoms with Crippen molar-refractivity contribution in [2.45, 2.75) is 20.0 Å². The lowest BCUT2D eigenvalue weighted by Crippen LogP contribution is -2.02. The van der Waals surface area contributed by atoms with Gasteiger partial charge in [-0.2, -0.15) is 0 Å². The molecule has 0 unspecified atom stereocenters. The monoisotopic (exact) mass is 267 g/mol. The molecule has 1 aromatic carbocycles. The Kier molecular flexibility index (Phi) is 3.50. The van der Waals surface area contributed by atoms with E-state index in [1.165, 1.54) is 5.56 Å². The third-order valence-electron chi connectivity index (χ3n) is 3.25. The minimum Gasteiger partial charge on any atom is -0.379 e. The first-order valence-electron chi connectivity index (χ1n) is 6.58. The first-order chi connectivity index (χ1) is 9.81. The number of nitrogens with one attached hydrogen (secondary N) is 2. The summed E-state index contributed by atoms with van der Waals surface area (Å²) in [6.45, 7) is 3.58. The molecule has 2 N–H and O–H groups in total. The fourth-order valence-corrected chi connectivity index (χ4v) is 2.12. The van der Waals surface area contributed by atoms with Crippen LogP contribution in [-0.2, 0) is 13.1 Å². The van der Waals surface area contributed by atoms with Crippen molar-refractivity contribution in [2.75, 3.05) is 5.32 Å². The predicted octanol–water partition coefficient (Wildman–Crippen LogP) is 2.58. The van der Waals surface area contributed by atoms with Crippen LogP contribution in [-0.4, -0.2) is 19.5 Å². The highest BCUT2D eigenvalue weighted by atomic mass is 15.0. The van der Waals surface area contributed by atoms with Gasteiger partial charge in [-0.1, -0.05) is 12.1 Å². The van der Waals surface area contributed by atoms with Crippen molar-refractivity contribution < 1.29 is 0 Å². The lowest BCUT2D eigenvalue weighted by Gasteiger charge is -2.08. The Balaban J connectivity index is 1.67. The van der Waals surface area contributed by atoms with Crippen molar-refractivity contribution in [3.8, 4) is 0 Å². The van der Waals surface area contributed by atoms with E-state index in [1.54, 1.807) is 12.5 Å². The first-order valence-corrected chi connectivity index (χ1v) is 6.58. The van der Waals surface area contributed by atoms with Crippen molar-refractivity contribution in [1.29, 1.82) is 0 Å². The molecule has 3 aromatic rings. The van der Waals surface area contributed by atoms with E-state index in [4.69, 9.17) is 0 Å². The summed E-state index contributed by atoms with van der Waals surface area (Å²) in [6.07, 6.45) is 7.31. The number of hydrogen-bond acceptors (Lipinski definition) is 3. The summed E-state index contributed by atoms with van der Waals surface area (Å²) >= 11 is 0. The molecule has 20 heavy (non-hydrogen) atoms. The van der Waals surface area contributed by atoms with Crippen molar-refractivity contribution in [3.63, 3.8) is 0 Å². The molecule has 0 aliphatic heterocycles. The normalized spacial score (nSPS) is 10.7. The van der Waals surface area contributed by atoms with E-state index < -0.39 is 0 Å². The van der Waals surface area contributed by atoms with Crippen LogP contribution >= 0.6 is 0 Å². The molecule has 0 aliphatic rings. The van der Waals surface area contributed by atoms with Gasteiger partial charge in [-0.3, -0.25) is 0 Å². The highest BCUT2D eigenvalue weighted by Crippen LogP contribution is 2.13. The number of rotatable bonds is 5. The fourth-order valence-electron chi connectivity index (χ4n) is 2.12. The molecule has 0 fully saturated rings. The summed E-state index contributed by atoms with van der Waals surface area (Å²) in [5.74, 6) is 0. The Morgan fingerprint density at radius 3 is 3.05 bits per heavy atom. The van der Waals surface area contributed by atoms with Crippen LogP contribution in [0.3, 0.4) is 0 Å². The molecule has 0 amide bonds. The van der Waals surface area contributed by atoms with E-state index in [1.807, 2.05) is 19.4 Å². The lowest BCUT2D eigenvalue weighted by atomic mass is 10.2. The van der Waals surface area contributed by atoms with Crippen molar-refractivity contribution >= 4 is 5.69 Å². The van der Waals surface area contributed by atoms with Crippen molar-refractivity contribution in [3.05, 3.63) is 66.3 Å². The van der Waals surface area contributed by atoms with Gasteiger partial charge in [0, 0.05) is 30.3 Å². The van der Waals surface area contributed by atoms with E-state index >= 15 is 0 Å². The highest BCUT2D eigenvalue weighted by molar-refractivity contribution is 5.46. The number of anilines is 1. The molecule has 0 aliphatic carbocycles. The van der Waals surface area contributed by atoms with Gasteiger partial charge in [-0.05, 0) is 24.6 Å².